The quantitative estimate of drug-likeness (QED) is 0.731. The van der Waals surface area contributed by atoms with Gasteiger partial charge in [-0.3, -0.25) is 14.8 Å². The SMILES string of the molecule is O=C(NCCN1CCOCC1)c1ccc(-c2[nH]nc3ncccc23)cc1. The lowest BCUT2D eigenvalue weighted by Crippen LogP contribution is -2.41. The van der Waals surface area contributed by atoms with Crippen LogP contribution in [-0.4, -0.2) is 65.4 Å². The lowest BCUT2D eigenvalue weighted by molar-refractivity contribution is 0.0383. The molecular weight excluding hydrogens is 330 g/mol. The maximum Gasteiger partial charge on any atom is 0.251 e. The Bertz CT molecular complexity index is 884. The number of H-pyrrole nitrogens is 1. The number of aromatic nitrogens is 3. The molecule has 2 aromatic heterocycles. The molecule has 1 amide bonds. The van der Waals surface area contributed by atoms with Crippen molar-refractivity contribution < 1.29 is 9.53 Å². The summed E-state index contributed by atoms with van der Waals surface area (Å²) in [5, 5.41) is 11.2. The topological polar surface area (TPSA) is 83.1 Å². The first-order valence-corrected chi connectivity index (χ1v) is 8.79. The van der Waals surface area contributed by atoms with E-state index in [0.29, 0.717) is 17.8 Å². The summed E-state index contributed by atoms with van der Waals surface area (Å²) in [5.74, 6) is -0.0547. The van der Waals surface area contributed by atoms with Crippen LogP contribution in [-0.2, 0) is 4.74 Å². The second-order valence-electron chi connectivity index (χ2n) is 6.26. The van der Waals surface area contributed by atoms with Crippen molar-refractivity contribution in [1.29, 1.82) is 0 Å². The number of rotatable bonds is 5. The molecule has 1 aliphatic heterocycles. The minimum Gasteiger partial charge on any atom is -0.379 e. The van der Waals surface area contributed by atoms with Gasteiger partial charge in [0.1, 0.15) is 0 Å². The molecule has 0 unspecified atom stereocenters. The van der Waals surface area contributed by atoms with Crippen molar-refractivity contribution in [3.05, 3.63) is 48.2 Å². The molecule has 1 fully saturated rings. The number of morpholine rings is 1. The van der Waals surface area contributed by atoms with Crippen LogP contribution in [0.15, 0.2) is 42.6 Å². The Kier molecular flexibility index (Phi) is 4.90. The number of hydrogen-bond donors (Lipinski definition) is 2. The van der Waals surface area contributed by atoms with Gasteiger partial charge in [-0.2, -0.15) is 5.10 Å². The van der Waals surface area contributed by atoms with E-state index < -0.39 is 0 Å². The smallest absolute Gasteiger partial charge is 0.251 e. The fourth-order valence-electron chi connectivity index (χ4n) is 3.11. The minimum atomic E-state index is -0.0547. The Morgan fingerprint density at radius 3 is 2.81 bits per heavy atom. The molecule has 26 heavy (non-hydrogen) atoms. The van der Waals surface area contributed by atoms with Gasteiger partial charge in [0, 0.05) is 48.9 Å². The highest BCUT2D eigenvalue weighted by atomic mass is 16.5. The van der Waals surface area contributed by atoms with Gasteiger partial charge in [-0.25, -0.2) is 4.98 Å². The van der Waals surface area contributed by atoms with Gasteiger partial charge in [0.05, 0.1) is 18.9 Å². The van der Waals surface area contributed by atoms with E-state index in [9.17, 15) is 4.79 Å². The fourth-order valence-corrected chi connectivity index (χ4v) is 3.11. The van der Waals surface area contributed by atoms with Crippen molar-refractivity contribution in [3.63, 3.8) is 0 Å². The molecule has 0 radical (unpaired) electrons. The molecule has 2 N–H and O–H groups in total. The Labute approximate surface area is 151 Å². The van der Waals surface area contributed by atoms with Crippen LogP contribution in [0.1, 0.15) is 10.4 Å². The summed E-state index contributed by atoms with van der Waals surface area (Å²) in [4.78, 5) is 18.8. The molecule has 0 saturated carbocycles. The van der Waals surface area contributed by atoms with Gasteiger partial charge in [-0.1, -0.05) is 12.1 Å². The van der Waals surface area contributed by atoms with Crippen LogP contribution in [0.3, 0.4) is 0 Å². The first kappa shape index (κ1) is 16.7. The average Bonchev–Trinajstić information content (AvgIpc) is 3.13. The normalized spacial score (nSPS) is 15.2. The number of benzene rings is 1. The Balaban J connectivity index is 1.38. The Hall–Kier alpha value is -2.77. The summed E-state index contributed by atoms with van der Waals surface area (Å²) in [6.45, 7) is 4.88. The van der Waals surface area contributed by atoms with E-state index >= 15 is 0 Å². The summed E-state index contributed by atoms with van der Waals surface area (Å²) < 4.78 is 5.33. The number of nitrogens with one attached hydrogen (secondary N) is 2. The van der Waals surface area contributed by atoms with Gasteiger partial charge in [-0.05, 0) is 24.3 Å². The number of pyridine rings is 1. The monoisotopic (exact) mass is 351 g/mol. The van der Waals surface area contributed by atoms with Gasteiger partial charge >= 0.3 is 0 Å². The zero-order chi connectivity index (χ0) is 17.8. The van der Waals surface area contributed by atoms with Crippen LogP contribution in [0.2, 0.25) is 0 Å². The molecule has 7 nitrogen and oxygen atoms in total. The first-order valence-electron chi connectivity index (χ1n) is 8.79. The van der Waals surface area contributed by atoms with Crippen molar-refractivity contribution in [2.45, 2.75) is 0 Å². The van der Waals surface area contributed by atoms with Gasteiger partial charge in [0.25, 0.3) is 5.91 Å². The third-order valence-corrected chi connectivity index (χ3v) is 4.58. The van der Waals surface area contributed by atoms with Gasteiger partial charge < -0.3 is 10.1 Å². The summed E-state index contributed by atoms with van der Waals surface area (Å²) in [6, 6.07) is 11.4. The lowest BCUT2D eigenvalue weighted by atomic mass is 10.1. The molecule has 134 valence electrons. The van der Waals surface area contributed by atoms with Crippen LogP contribution in [0.5, 0.6) is 0 Å². The van der Waals surface area contributed by atoms with Gasteiger partial charge in [0.2, 0.25) is 0 Å². The highest BCUT2D eigenvalue weighted by molar-refractivity contribution is 5.95. The molecule has 0 aliphatic carbocycles. The van der Waals surface area contributed by atoms with Crippen LogP contribution < -0.4 is 5.32 Å². The predicted molar refractivity (Wildman–Crippen MR) is 98.9 cm³/mol. The second-order valence-corrected chi connectivity index (χ2v) is 6.26. The van der Waals surface area contributed by atoms with E-state index in [1.54, 1.807) is 6.20 Å². The molecule has 3 heterocycles. The Morgan fingerprint density at radius 1 is 1.19 bits per heavy atom. The van der Waals surface area contributed by atoms with Crippen LogP contribution >= 0.6 is 0 Å². The van der Waals surface area contributed by atoms with E-state index in [4.69, 9.17) is 4.74 Å². The molecule has 1 aromatic carbocycles. The first-order chi connectivity index (χ1) is 12.8. The molecule has 3 aromatic rings. The van der Waals surface area contributed by atoms with E-state index in [-0.39, 0.29) is 5.91 Å². The number of fused-ring (bicyclic) bond motifs is 1. The van der Waals surface area contributed by atoms with Gasteiger partial charge in [-0.15, -0.1) is 0 Å². The fraction of sp³-hybridized carbons (Fsp3) is 0.316. The van der Waals surface area contributed by atoms with Crippen LogP contribution in [0.4, 0.5) is 0 Å². The number of carbonyl (C=O) groups is 1. The van der Waals surface area contributed by atoms with Crippen molar-refractivity contribution in [1.82, 2.24) is 25.4 Å². The van der Waals surface area contributed by atoms with E-state index in [0.717, 1.165) is 49.5 Å². The number of carbonyl (C=O) groups excluding carboxylic acids is 1. The largest absolute Gasteiger partial charge is 0.379 e. The molecule has 4 rings (SSSR count). The molecule has 1 aliphatic rings. The number of amides is 1. The Morgan fingerprint density at radius 2 is 2.00 bits per heavy atom. The number of nitrogens with zero attached hydrogens (tertiary/aromatic N) is 3. The molecule has 1 saturated heterocycles. The number of hydrogen-bond acceptors (Lipinski definition) is 5. The third kappa shape index (κ3) is 3.58. The second kappa shape index (κ2) is 7.63. The summed E-state index contributed by atoms with van der Waals surface area (Å²) in [5.41, 5.74) is 3.22. The highest BCUT2D eigenvalue weighted by Crippen LogP contribution is 2.25. The standard InChI is InChI=1S/C19H21N5O2/c25-19(21-8-9-24-10-12-26-13-11-24)15-5-3-14(4-6-15)17-16-2-1-7-20-18(16)23-22-17/h1-7H,8-13H2,(H,21,25)(H,20,22,23). The molecule has 7 heteroatoms. The molecular formula is C19H21N5O2. The van der Waals surface area contributed by atoms with E-state index in [2.05, 4.69) is 25.4 Å². The van der Waals surface area contributed by atoms with Gasteiger partial charge in [0.15, 0.2) is 5.65 Å². The minimum absolute atomic E-state index is 0.0547. The summed E-state index contributed by atoms with van der Waals surface area (Å²) >= 11 is 0. The summed E-state index contributed by atoms with van der Waals surface area (Å²) in [6.07, 6.45) is 1.72. The maximum atomic E-state index is 12.3. The van der Waals surface area contributed by atoms with Crippen LogP contribution in [0.25, 0.3) is 22.3 Å². The summed E-state index contributed by atoms with van der Waals surface area (Å²) in [7, 11) is 0. The van der Waals surface area contributed by atoms with E-state index in [1.165, 1.54) is 0 Å². The maximum absolute atomic E-state index is 12.3. The van der Waals surface area contributed by atoms with Crippen LogP contribution in [0, 0.1) is 0 Å². The molecule has 0 bridgehead atoms. The van der Waals surface area contributed by atoms with Crippen molar-refractivity contribution in [2.75, 3.05) is 39.4 Å². The molecule has 0 spiro atoms. The zero-order valence-electron chi connectivity index (χ0n) is 14.4. The predicted octanol–water partition coefficient (Wildman–Crippen LogP) is 1.69. The number of aromatic amines is 1. The lowest BCUT2D eigenvalue weighted by Gasteiger charge is -2.26. The van der Waals surface area contributed by atoms with Crippen molar-refractivity contribution >= 4 is 16.9 Å². The van der Waals surface area contributed by atoms with E-state index in [1.807, 2.05) is 36.4 Å². The molecule has 0 atom stereocenters. The third-order valence-electron chi connectivity index (χ3n) is 4.58. The average molecular weight is 351 g/mol. The van der Waals surface area contributed by atoms with Crippen molar-refractivity contribution in [3.8, 4) is 11.3 Å². The highest BCUT2D eigenvalue weighted by Gasteiger charge is 2.12. The van der Waals surface area contributed by atoms with Crippen molar-refractivity contribution in [2.24, 2.45) is 0 Å². The zero-order valence-corrected chi connectivity index (χ0v) is 14.4. The number of ether oxygens (including phenoxy) is 1.